The van der Waals surface area contributed by atoms with Gasteiger partial charge in [0, 0.05) is 26.2 Å². The van der Waals surface area contributed by atoms with Crippen molar-refractivity contribution >= 4 is 30.7 Å². The van der Waals surface area contributed by atoms with E-state index in [0.717, 1.165) is 39.1 Å². The number of rotatable bonds is 8. The molecule has 0 bridgehead atoms. The number of hydrogen-bond acceptors (Lipinski definition) is 4. The Balaban J connectivity index is 0.00000312. The van der Waals surface area contributed by atoms with E-state index in [1.807, 2.05) is 32.0 Å². The van der Waals surface area contributed by atoms with E-state index in [4.69, 9.17) is 10.5 Å². The van der Waals surface area contributed by atoms with Crippen molar-refractivity contribution in [3.05, 3.63) is 35.9 Å². The van der Waals surface area contributed by atoms with Crippen LogP contribution in [0.15, 0.2) is 30.3 Å². The normalized spacial score (nSPS) is 16.1. The molecule has 1 heterocycles. The summed E-state index contributed by atoms with van der Waals surface area (Å²) in [6, 6.07) is 10.5. The molecule has 26 heavy (non-hydrogen) atoms. The summed E-state index contributed by atoms with van der Waals surface area (Å²) in [6.07, 6.45) is 1.53. The Morgan fingerprint density at radius 1 is 1.19 bits per heavy atom. The van der Waals surface area contributed by atoms with Crippen LogP contribution < -0.4 is 11.1 Å². The molecule has 1 unspecified atom stereocenters. The van der Waals surface area contributed by atoms with E-state index >= 15 is 0 Å². The molecule has 1 atom stereocenters. The second-order valence-electron chi connectivity index (χ2n) is 6.48. The molecule has 0 aliphatic carbocycles. The summed E-state index contributed by atoms with van der Waals surface area (Å²) in [5.74, 6) is 0.0733. The predicted octanol–water partition coefficient (Wildman–Crippen LogP) is 2.78. The van der Waals surface area contributed by atoms with Gasteiger partial charge >= 0.3 is 0 Å². The number of carbonyl (C=O) groups excluding carboxylic acids is 1. The van der Waals surface area contributed by atoms with Crippen LogP contribution in [0.1, 0.15) is 38.3 Å². The second-order valence-corrected chi connectivity index (χ2v) is 6.48. The van der Waals surface area contributed by atoms with Gasteiger partial charge in [-0.05, 0) is 18.4 Å². The van der Waals surface area contributed by atoms with Gasteiger partial charge < -0.3 is 15.8 Å². The average Bonchev–Trinajstić information content (AvgIpc) is 2.65. The molecule has 1 aliphatic heterocycles. The number of halogens is 2. The summed E-state index contributed by atoms with van der Waals surface area (Å²) in [5.41, 5.74) is 6.68. The Morgan fingerprint density at radius 2 is 1.77 bits per heavy atom. The van der Waals surface area contributed by atoms with Gasteiger partial charge in [0.05, 0.1) is 24.7 Å². The van der Waals surface area contributed by atoms with E-state index in [-0.39, 0.29) is 36.8 Å². The molecular formula is C19H33Cl2N3O2. The topological polar surface area (TPSA) is 67.6 Å². The molecule has 1 aliphatic rings. The zero-order chi connectivity index (χ0) is 17.4. The fourth-order valence-corrected chi connectivity index (χ4v) is 3.35. The Morgan fingerprint density at radius 3 is 2.27 bits per heavy atom. The molecule has 3 N–H and O–H groups in total. The highest BCUT2D eigenvalue weighted by molar-refractivity contribution is 5.85. The zero-order valence-electron chi connectivity index (χ0n) is 15.8. The van der Waals surface area contributed by atoms with Crippen LogP contribution in [0.2, 0.25) is 0 Å². The molecule has 7 heteroatoms. The number of nitrogens with two attached hydrogens (primary N) is 1. The molecule has 1 aromatic carbocycles. The lowest BCUT2D eigenvalue weighted by atomic mass is 9.81. The number of amides is 1. The summed E-state index contributed by atoms with van der Waals surface area (Å²) >= 11 is 0. The summed E-state index contributed by atoms with van der Waals surface area (Å²) in [7, 11) is 0. The molecule has 0 spiro atoms. The van der Waals surface area contributed by atoms with Gasteiger partial charge in [0.1, 0.15) is 0 Å². The Hall–Kier alpha value is -0.850. The fraction of sp³-hybridized carbons (Fsp3) is 0.632. The lowest BCUT2D eigenvalue weighted by molar-refractivity contribution is -0.131. The second kappa shape index (κ2) is 12.5. The molecule has 1 fully saturated rings. The van der Waals surface area contributed by atoms with Crippen LogP contribution in [0.25, 0.3) is 0 Å². The maximum Gasteiger partial charge on any atom is 0.227 e. The summed E-state index contributed by atoms with van der Waals surface area (Å²) in [4.78, 5) is 15.1. The van der Waals surface area contributed by atoms with Crippen molar-refractivity contribution in [3.63, 3.8) is 0 Å². The number of hydrogen-bond donors (Lipinski definition) is 2. The van der Waals surface area contributed by atoms with E-state index in [0.29, 0.717) is 13.1 Å². The van der Waals surface area contributed by atoms with Crippen molar-refractivity contribution < 1.29 is 9.53 Å². The minimum absolute atomic E-state index is 0. The van der Waals surface area contributed by atoms with Crippen LogP contribution in [0.4, 0.5) is 0 Å². The van der Waals surface area contributed by atoms with Crippen molar-refractivity contribution in [1.82, 2.24) is 10.2 Å². The van der Waals surface area contributed by atoms with Crippen molar-refractivity contribution in [2.75, 3.05) is 39.4 Å². The minimum atomic E-state index is -0.452. The molecule has 150 valence electrons. The van der Waals surface area contributed by atoms with Crippen molar-refractivity contribution in [3.8, 4) is 0 Å². The lowest BCUT2D eigenvalue weighted by Gasteiger charge is -2.36. The first kappa shape index (κ1) is 25.1. The third-order valence-electron chi connectivity index (χ3n) is 5.35. The van der Waals surface area contributed by atoms with E-state index in [1.165, 1.54) is 5.56 Å². The lowest BCUT2D eigenvalue weighted by Crippen LogP contribution is -2.49. The number of carbonyl (C=O) groups is 1. The quantitative estimate of drug-likeness (QED) is 0.697. The van der Waals surface area contributed by atoms with E-state index in [2.05, 4.69) is 22.3 Å². The highest BCUT2D eigenvalue weighted by atomic mass is 35.5. The monoisotopic (exact) mass is 405 g/mol. The van der Waals surface area contributed by atoms with Crippen LogP contribution in [-0.4, -0.2) is 50.2 Å². The first-order valence-electron chi connectivity index (χ1n) is 9.02. The van der Waals surface area contributed by atoms with Gasteiger partial charge in [0.15, 0.2) is 0 Å². The maximum absolute atomic E-state index is 12.7. The molecule has 5 nitrogen and oxygen atoms in total. The van der Waals surface area contributed by atoms with Gasteiger partial charge in [0.25, 0.3) is 0 Å². The van der Waals surface area contributed by atoms with Crippen LogP contribution in [-0.2, 0) is 9.53 Å². The highest BCUT2D eigenvalue weighted by Gasteiger charge is 2.34. The molecule has 0 saturated carbocycles. The van der Waals surface area contributed by atoms with Gasteiger partial charge in [0.2, 0.25) is 5.91 Å². The van der Waals surface area contributed by atoms with E-state index in [9.17, 15) is 4.79 Å². The first-order valence-corrected chi connectivity index (χ1v) is 9.02. The minimum Gasteiger partial charge on any atom is -0.379 e. The van der Waals surface area contributed by atoms with Crippen molar-refractivity contribution in [2.45, 2.75) is 32.7 Å². The van der Waals surface area contributed by atoms with Crippen molar-refractivity contribution in [2.24, 2.45) is 11.1 Å². The Kier molecular flexibility index (Phi) is 12.1. The summed E-state index contributed by atoms with van der Waals surface area (Å²) in [5, 5.41) is 3.17. The van der Waals surface area contributed by atoms with Crippen molar-refractivity contribution in [1.29, 1.82) is 0 Å². The summed E-state index contributed by atoms with van der Waals surface area (Å²) < 4.78 is 5.47. The first-order chi connectivity index (χ1) is 11.7. The highest BCUT2D eigenvalue weighted by Crippen LogP contribution is 2.26. The van der Waals surface area contributed by atoms with Gasteiger partial charge in [-0.2, -0.15) is 0 Å². The Bertz CT molecular complexity index is 499. The van der Waals surface area contributed by atoms with Crippen LogP contribution in [0.5, 0.6) is 0 Å². The number of nitrogens with one attached hydrogen (secondary N) is 1. The number of ether oxygens (including phenoxy) is 1. The van der Waals surface area contributed by atoms with Gasteiger partial charge in [-0.15, -0.1) is 24.8 Å². The molecule has 1 aromatic rings. The van der Waals surface area contributed by atoms with Crippen LogP contribution in [0.3, 0.4) is 0 Å². The molecule has 0 radical (unpaired) electrons. The maximum atomic E-state index is 12.7. The smallest absolute Gasteiger partial charge is 0.227 e. The Labute approximate surface area is 169 Å². The van der Waals surface area contributed by atoms with Crippen LogP contribution in [0, 0.1) is 5.41 Å². The SMILES string of the molecule is CCC(CC)(CN)C(=O)NCC(c1ccccc1)N1CCOCC1.Cl.Cl. The third kappa shape index (κ3) is 6.10. The molecule has 2 rings (SSSR count). The number of nitrogens with zero attached hydrogens (tertiary/aromatic N) is 1. The number of morpholine rings is 1. The number of benzene rings is 1. The van der Waals surface area contributed by atoms with E-state index in [1.54, 1.807) is 0 Å². The van der Waals surface area contributed by atoms with Gasteiger partial charge in [-0.25, -0.2) is 0 Å². The molecule has 0 aromatic heterocycles. The van der Waals surface area contributed by atoms with Gasteiger partial charge in [-0.1, -0.05) is 44.2 Å². The zero-order valence-corrected chi connectivity index (χ0v) is 17.4. The van der Waals surface area contributed by atoms with E-state index < -0.39 is 5.41 Å². The fourth-order valence-electron chi connectivity index (χ4n) is 3.35. The third-order valence-corrected chi connectivity index (χ3v) is 5.35. The molecule has 1 saturated heterocycles. The largest absolute Gasteiger partial charge is 0.379 e. The standard InChI is InChI=1S/C19H31N3O2.2ClH/c1-3-19(4-2,15-20)18(23)21-14-17(16-8-6-5-7-9-16)22-10-12-24-13-11-22;;/h5-9,17H,3-4,10-15,20H2,1-2H3,(H,21,23);2*1H. The van der Waals surface area contributed by atoms with Gasteiger partial charge in [-0.3, -0.25) is 9.69 Å². The molecular weight excluding hydrogens is 373 g/mol. The summed E-state index contributed by atoms with van der Waals surface area (Å²) in [6.45, 7) is 8.32. The van der Waals surface area contributed by atoms with Crippen LogP contribution >= 0.6 is 24.8 Å². The predicted molar refractivity (Wildman–Crippen MR) is 111 cm³/mol. The molecule has 1 amide bonds. The average molecular weight is 406 g/mol.